The number of carboxylic acid groups (broad SMARTS) is 1. The highest BCUT2D eigenvalue weighted by Gasteiger charge is 2.13. The lowest BCUT2D eigenvalue weighted by atomic mass is 10.3. The van der Waals surface area contributed by atoms with E-state index in [1.807, 2.05) is 20.8 Å². The van der Waals surface area contributed by atoms with E-state index < -0.39 is 12.1 Å². The van der Waals surface area contributed by atoms with Gasteiger partial charge >= 0.3 is 5.97 Å². The topological polar surface area (TPSA) is 70.0 Å². The van der Waals surface area contributed by atoms with Crippen molar-refractivity contribution in [2.75, 3.05) is 26.2 Å². The van der Waals surface area contributed by atoms with Gasteiger partial charge in [-0.1, -0.05) is 6.92 Å². The van der Waals surface area contributed by atoms with Gasteiger partial charge in [0.15, 0.2) is 0 Å². The van der Waals surface area contributed by atoms with Crippen LogP contribution in [0.1, 0.15) is 20.8 Å². The molecule has 1 unspecified atom stereocenters. The number of hydrogen-bond acceptors (Lipinski definition) is 4. The van der Waals surface area contributed by atoms with Crippen LogP contribution in [-0.4, -0.2) is 59.5 Å². The van der Waals surface area contributed by atoms with E-state index in [1.165, 1.54) is 0 Å². The molecule has 0 amide bonds. The minimum absolute atomic E-state index is 0.0464. The van der Waals surface area contributed by atoms with Gasteiger partial charge in [0, 0.05) is 6.54 Å². The summed E-state index contributed by atoms with van der Waals surface area (Å²) in [6.45, 7) is 6.77. The zero-order valence-corrected chi connectivity index (χ0v) is 9.64. The minimum atomic E-state index is -0.881. The second-order valence-corrected chi connectivity index (χ2v) is 3.76. The van der Waals surface area contributed by atoms with E-state index in [0.29, 0.717) is 13.1 Å². The van der Waals surface area contributed by atoms with Crippen LogP contribution in [0.25, 0.3) is 0 Å². The molecule has 0 heterocycles. The molecule has 1 atom stereocenters. The smallest absolute Gasteiger partial charge is 0.317 e. The van der Waals surface area contributed by atoms with Crippen LogP contribution < -0.4 is 0 Å². The van der Waals surface area contributed by atoms with Crippen molar-refractivity contribution in [1.29, 1.82) is 0 Å². The SMILES string of the molecule is CCN(CC(=O)O)CC(O)COC(C)C. The maximum Gasteiger partial charge on any atom is 0.317 e. The second kappa shape index (κ2) is 7.62. The average Bonchev–Trinajstić information content (AvgIpc) is 2.13. The molecule has 0 bridgehead atoms. The zero-order valence-electron chi connectivity index (χ0n) is 9.64. The van der Waals surface area contributed by atoms with Crippen molar-refractivity contribution in [3.8, 4) is 0 Å². The molecule has 5 heteroatoms. The molecule has 90 valence electrons. The van der Waals surface area contributed by atoms with Crippen LogP contribution in [0.4, 0.5) is 0 Å². The van der Waals surface area contributed by atoms with Gasteiger partial charge in [0.25, 0.3) is 0 Å². The van der Waals surface area contributed by atoms with Crippen molar-refractivity contribution < 1.29 is 19.7 Å². The van der Waals surface area contributed by atoms with Gasteiger partial charge in [-0.2, -0.15) is 0 Å². The molecule has 0 saturated heterocycles. The molecule has 5 nitrogen and oxygen atoms in total. The molecule has 0 aromatic carbocycles. The Balaban J connectivity index is 3.79. The molecule has 0 spiro atoms. The minimum Gasteiger partial charge on any atom is -0.480 e. The molecule has 0 aliphatic carbocycles. The number of carbonyl (C=O) groups is 1. The molecule has 0 radical (unpaired) electrons. The zero-order chi connectivity index (χ0) is 11.8. The Bertz CT molecular complexity index is 184. The highest BCUT2D eigenvalue weighted by atomic mass is 16.5. The van der Waals surface area contributed by atoms with Crippen molar-refractivity contribution in [2.45, 2.75) is 33.0 Å². The molecule has 0 aromatic heterocycles. The Morgan fingerprint density at radius 2 is 2.07 bits per heavy atom. The Morgan fingerprint density at radius 3 is 2.47 bits per heavy atom. The Kier molecular flexibility index (Phi) is 7.29. The quantitative estimate of drug-likeness (QED) is 0.609. The van der Waals surface area contributed by atoms with Gasteiger partial charge < -0.3 is 14.9 Å². The number of carboxylic acids is 1. The van der Waals surface area contributed by atoms with E-state index in [2.05, 4.69) is 0 Å². The number of likely N-dealkylation sites (N-methyl/N-ethyl adjacent to an activating group) is 1. The van der Waals surface area contributed by atoms with Crippen molar-refractivity contribution in [3.63, 3.8) is 0 Å². The van der Waals surface area contributed by atoms with E-state index in [-0.39, 0.29) is 19.3 Å². The van der Waals surface area contributed by atoms with E-state index in [1.54, 1.807) is 4.90 Å². The van der Waals surface area contributed by atoms with Crippen molar-refractivity contribution in [1.82, 2.24) is 4.90 Å². The maximum atomic E-state index is 10.5. The van der Waals surface area contributed by atoms with Crippen LogP contribution in [0.2, 0.25) is 0 Å². The number of aliphatic hydroxyl groups is 1. The summed E-state index contributed by atoms with van der Waals surface area (Å²) in [5.74, 6) is -0.881. The van der Waals surface area contributed by atoms with Crippen LogP contribution in [0.15, 0.2) is 0 Å². The van der Waals surface area contributed by atoms with Crippen LogP contribution in [0, 0.1) is 0 Å². The van der Waals surface area contributed by atoms with Gasteiger partial charge in [-0.25, -0.2) is 0 Å². The van der Waals surface area contributed by atoms with Gasteiger partial charge in [-0.05, 0) is 20.4 Å². The largest absolute Gasteiger partial charge is 0.480 e. The number of nitrogens with zero attached hydrogens (tertiary/aromatic N) is 1. The van der Waals surface area contributed by atoms with Gasteiger partial charge in [-0.3, -0.25) is 9.69 Å². The lowest BCUT2D eigenvalue weighted by Gasteiger charge is -2.22. The molecule has 0 aliphatic rings. The van der Waals surface area contributed by atoms with Crippen molar-refractivity contribution in [3.05, 3.63) is 0 Å². The highest BCUT2D eigenvalue weighted by Crippen LogP contribution is 1.96. The number of aliphatic carboxylic acids is 1. The monoisotopic (exact) mass is 219 g/mol. The molecular formula is C10H21NO4. The van der Waals surface area contributed by atoms with Gasteiger partial charge in [0.1, 0.15) is 0 Å². The Morgan fingerprint density at radius 1 is 1.47 bits per heavy atom. The van der Waals surface area contributed by atoms with Crippen LogP contribution >= 0.6 is 0 Å². The number of ether oxygens (including phenoxy) is 1. The van der Waals surface area contributed by atoms with Gasteiger partial charge in [-0.15, -0.1) is 0 Å². The fourth-order valence-electron chi connectivity index (χ4n) is 1.15. The molecule has 0 aliphatic heterocycles. The molecule has 0 rings (SSSR count). The number of rotatable bonds is 8. The highest BCUT2D eigenvalue weighted by molar-refractivity contribution is 5.69. The second-order valence-electron chi connectivity index (χ2n) is 3.76. The summed E-state index contributed by atoms with van der Waals surface area (Å²) in [6.07, 6.45) is -0.555. The predicted octanol–water partition coefficient (Wildman–Crippen LogP) is 0.179. The van der Waals surface area contributed by atoms with Gasteiger partial charge in [0.2, 0.25) is 0 Å². The number of hydrogen-bond donors (Lipinski definition) is 2. The Hall–Kier alpha value is -0.650. The summed E-state index contributed by atoms with van der Waals surface area (Å²) in [6, 6.07) is 0. The lowest BCUT2D eigenvalue weighted by molar-refractivity contribution is -0.138. The van der Waals surface area contributed by atoms with E-state index >= 15 is 0 Å². The summed E-state index contributed by atoms with van der Waals surface area (Å²) in [7, 11) is 0. The maximum absolute atomic E-state index is 10.5. The molecule has 15 heavy (non-hydrogen) atoms. The lowest BCUT2D eigenvalue weighted by Crippen LogP contribution is -2.38. The summed E-state index contributed by atoms with van der Waals surface area (Å²) in [5.41, 5.74) is 0. The van der Waals surface area contributed by atoms with Crippen molar-refractivity contribution in [2.24, 2.45) is 0 Å². The van der Waals surface area contributed by atoms with Gasteiger partial charge in [0.05, 0.1) is 25.4 Å². The third-order valence-corrected chi connectivity index (χ3v) is 1.90. The standard InChI is InChI=1S/C10H21NO4/c1-4-11(6-10(13)14)5-9(12)7-15-8(2)3/h8-9,12H,4-7H2,1-3H3,(H,13,14). The first kappa shape index (κ1) is 14.3. The van der Waals surface area contributed by atoms with E-state index in [9.17, 15) is 9.90 Å². The van der Waals surface area contributed by atoms with Crippen LogP contribution in [0.5, 0.6) is 0 Å². The summed E-state index contributed by atoms with van der Waals surface area (Å²) >= 11 is 0. The summed E-state index contributed by atoms with van der Waals surface area (Å²) < 4.78 is 5.23. The fraction of sp³-hybridized carbons (Fsp3) is 0.900. The summed E-state index contributed by atoms with van der Waals surface area (Å²) in [5, 5.41) is 18.1. The third-order valence-electron chi connectivity index (χ3n) is 1.90. The van der Waals surface area contributed by atoms with Crippen LogP contribution in [-0.2, 0) is 9.53 Å². The average molecular weight is 219 g/mol. The first-order valence-electron chi connectivity index (χ1n) is 5.19. The fourth-order valence-corrected chi connectivity index (χ4v) is 1.15. The first-order chi connectivity index (χ1) is 6.95. The van der Waals surface area contributed by atoms with E-state index in [0.717, 1.165) is 0 Å². The molecule has 0 fully saturated rings. The number of aliphatic hydroxyl groups excluding tert-OH is 1. The van der Waals surface area contributed by atoms with E-state index in [4.69, 9.17) is 9.84 Å². The van der Waals surface area contributed by atoms with Crippen LogP contribution in [0.3, 0.4) is 0 Å². The third kappa shape index (κ3) is 8.35. The Labute approximate surface area is 90.6 Å². The normalized spacial score (nSPS) is 13.5. The predicted molar refractivity (Wildman–Crippen MR) is 56.8 cm³/mol. The molecular weight excluding hydrogens is 198 g/mol. The molecule has 2 N–H and O–H groups in total. The first-order valence-corrected chi connectivity index (χ1v) is 5.19. The molecule has 0 saturated carbocycles. The molecule has 0 aromatic rings. The summed E-state index contributed by atoms with van der Waals surface area (Å²) in [4.78, 5) is 12.1. The van der Waals surface area contributed by atoms with Crippen molar-refractivity contribution >= 4 is 5.97 Å².